The van der Waals surface area contributed by atoms with Gasteiger partial charge in [0.15, 0.2) is 6.61 Å². The molecule has 1 aromatic heterocycles. The first-order valence-electron chi connectivity index (χ1n) is 11.3. The van der Waals surface area contributed by atoms with Crippen LogP contribution in [0.2, 0.25) is 0 Å². The van der Waals surface area contributed by atoms with E-state index < -0.39 is 5.97 Å². The smallest absolute Gasteiger partial charge is 0.339 e. The Hall–Kier alpha value is -3.01. The molecule has 0 radical (unpaired) electrons. The van der Waals surface area contributed by atoms with Crippen molar-refractivity contribution in [1.29, 1.82) is 0 Å². The first-order valence-corrected chi connectivity index (χ1v) is 11.3. The van der Waals surface area contributed by atoms with Crippen molar-refractivity contribution in [3.63, 3.8) is 0 Å². The van der Waals surface area contributed by atoms with Gasteiger partial charge < -0.3 is 4.74 Å². The van der Waals surface area contributed by atoms with Crippen molar-refractivity contribution in [3.05, 3.63) is 76.0 Å². The summed E-state index contributed by atoms with van der Waals surface area (Å²) in [4.78, 5) is 31.0. The Balaban J connectivity index is 1.67. The number of para-hydroxylation sites is 1. The molecule has 0 amide bonds. The van der Waals surface area contributed by atoms with E-state index in [0.717, 1.165) is 52.5 Å². The molecule has 2 aromatic carbocycles. The topological polar surface area (TPSA) is 56.3 Å². The van der Waals surface area contributed by atoms with E-state index in [1.54, 1.807) is 0 Å². The van der Waals surface area contributed by atoms with Crippen LogP contribution in [0.5, 0.6) is 0 Å². The number of Topliss-reactive ketones (excluding diaryl/α,β-unsaturated/α-hetero) is 1. The van der Waals surface area contributed by atoms with Crippen LogP contribution in [0, 0.1) is 25.2 Å². The maximum atomic E-state index is 13.4. The lowest BCUT2D eigenvalue weighted by Gasteiger charge is -2.35. The minimum Gasteiger partial charge on any atom is -0.454 e. The summed E-state index contributed by atoms with van der Waals surface area (Å²) < 4.78 is 5.62. The number of rotatable bonds is 4. The molecule has 0 aliphatic heterocycles. The van der Waals surface area contributed by atoms with Gasteiger partial charge in [-0.2, -0.15) is 0 Å². The van der Waals surface area contributed by atoms with Gasteiger partial charge in [-0.05, 0) is 67.7 Å². The maximum absolute atomic E-state index is 13.4. The number of nitrogens with zero attached hydrogens (tertiary/aromatic N) is 1. The summed E-state index contributed by atoms with van der Waals surface area (Å²) in [7, 11) is 0. The van der Waals surface area contributed by atoms with E-state index in [4.69, 9.17) is 9.72 Å². The Morgan fingerprint density at radius 2 is 1.84 bits per heavy atom. The fraction of sp³-hybridized carbons (Fsp3) is 0.393. The van der Waals surface area contributed by atoms with Gasteiger partial charge in [-0.25, -0.2) is 4.79 Å². The number of benzene rings is 2. The Labute approximate surface area is 190 Å². The minimum absolute atomic E-state index is 0.142. The van der Waals surface area contributed by atoms with Crippen molar-refractivity contribution in [2.45, 2.75) is 53.9 Å². The summed E-state index contributed by atoms with van der Waals surface area (Å²) in [6, 6.07) is 13.4. The number of pyridine rings is 1. The molecule has 1 unspecified atom stereocenters. The van der Waals surface area contributed by atoms with Crippen LogP contribution in [-0.2, 0) is 17.6 Å². The molecule has 32 heavy (non-hydrogen) atoms. The van der Waals surface area contributed by atoms with E-state index in [-0.39, 0.29) is 17.8 Å². The van der Waals surface area contributed by atoms with Crippen molar-refractivity contribution < 1.29 is 14.3 Å². The Kier molecular flexibility index (Phi) is 5.89. The van der Waals surface area contributed by atoms with Gasteiger partial charge in [0.2, 0.25) is 5.78 Å². The molecule has 1 heterocycles. The number of ketones is 1. The molecule has 4 heteroatoms. The SMILES string of the molecule is Cc1ccc(C)c(C(=O)COC(=O)c2c3c(nc4ccccc24)CCC(C(C)(C)C)C3)c1. The van der Waals surface area contributed by atoms with Crippen molar-refractivity contribution in [1.82, 2.24) is 4.98 Å². The number of hydrogen-bond donors (Lipinski definition) is 0. The highest BCUT2D eigenvalue weighted by Gasteiger charge is 2.33. The summed E-state index contributed by atoms with van der Waals surface area (Å²) >= 11 is 0. The number of carbonyl (C=O) groups is 2. The Bertz CT molecular complexity index is 1200. The Morgan fingerprint density at radius 1 is 1.09 bits per heavy atom. The zero-order valence-electron chi connectivity index (χ0n) is 19.6. The van der Waals surface area contributed by atoms with Crippen molar-refractivity contribution in [2.24, 2.45) is 11.3 Å². The number of esters is 1. The number of carbonyl (C=O) groups excluding carboxylic acids is 2. The third-order valence-corrected chi connectivity index (χ3v) is 6.72. The quantitative estimate of drug-likeness (QED) is 0.375. The number of hydrogen-bond acceptors (Lipinski definition) is 4. The number of fused-ring (bicyclic) bond motifs is 2. The van der Waals surface area contributed by atoms with Crippen LogP contribution in [0.25, 0.3) is 10.9 Å². The van der Waals surface area contributed by atoms with Gasteiger partial charge in [0.1, 0.15) is 0 Å². The minimum atomic E-state index is -0.437. The molecule has 0 bridgehead atoms. The van der Waals surface area contributed by atoms with E-state index in [2.05, 4.69) is 20.8 Å². The normalized spacial score (nSPS) is 16.0. The van der Waals surface area contributed by atoms with Gasteiger partial charge in [-0.3, -0.25) is 9.78 Å². The Morgan fingerprint density at radius 3 is 2.59 bits per heavy atom. The number of aromatic nitrogens is 1. The molecule has 0 N–H and O–H groups in total. The van der Waals surface area contributed by atoms with E-state index in [9.17, 15) is 9.59 Å². The second-order valence-corrected chi connectivity index (χ2v) is 10.1. The summed E-state index contributed by atoms with van der Waals surface area (Å²) in [5.41, 5.74) is 5.98. The van der Waals surface area contributed by atoms with Gasteiger partial charge in [-0.1, -0.05) is 56.7 Å². The first kappa shape index (κ1) is 22.2. The zero-order chi connectivity index (χ0) is 23.0. The van der Waals surface area contributed by atoms with Gasteiger partial charge in [0.25, 0.3) is 0 Å². The predicted molar refractivity (Wildman–Crippen MR) is 127 cm³/mol. The van der Waals surface area contributed by atoms with Crippen LogP contribution >= 0.6 is 0 Å². The molecule has 4 rings (SSSR count). The third-order valence-electron chi connectivity index (χ3n) is 6.72. The summed E-state index contributed by atoms with van der Waals surface area (Å²) in [5, 5.41) is 0.796. The average molecular weight is 430 g/mol. The van der Waals surface area contributed by atoms with E-state index >= 15 is 0 Å². The third kappa shape index (κ3) is 4.32. The van der Waals surface area contributed by atoms with Crippen molar-refractivity contribution >= 4 is 22.7 Å². The standard InChI is InChI=1S/C28H31NO3/c1-17-10-11-18(2)21(14-17)25(30)16-32-27(31)26-20-8-6-7-9-23(20)29-24-13-12-19(15-22(24)26)28(3,4)5/h6-11,14,19H,12-13,15-16H2,1-5H3. The van der Waals surface area contributed by atoms with Gasteiger partial charge >= 0.3 is 5.97 Å². The highest BCUT2D eigenvalue weighted by Crippen LogP contribution is 2.39. The molecule has 1 aliphatic rings. The van der Waals surface area contributed by atoms with Gasteiger partial charge in [-0.15, -0.1) is 0 Å². The molecular formula is C28H31NO3. The maximum Gasteiger partial charge on any atom is 0.339 e. The fourth-order valence-electron chi connectivity index (χ4n) is 4.68. The number of aryl methyl sites for hydroxylation is 3. The molecule has 1 aliphatic carbocycles. The monoisotopic (exact) mass is 429 g/mol. The van der Waals surface area contributed by atoms with Crippen LogP contribution < -0.4 is 0 Å². The van der Waals surface area contributed by atoms with Crippen LogP contribution in [0.1, 0.15) is 70.3 Å². The molecule has 0 saturated carbocycles. The second-order valence-electron chi connectivity index (χ2n) is 10.1. The van der Waals surface area contributed by atoms with Crippen molar-refractivity contribution in [2.75, 3.05) is 6.61 Å². The first-order chi connectivity index (χ1) is 15.1. The van der Waals surface area contributed by atoms with E-state index in [1.165, 1.54) is 0 Å². The molecule has 1 atom stereocenters. The molecular weight excluding hydrogens is 398 g/mol. The summed E-state index contributed by atoms with van der Waals surface area (Å²) in [6.07, 6.45) is 2.71. The largest absolute Gasteiger partial charge is 0.454 e. The van der Waals surface area contributed by atoms with Crippen molar-refractivity contribution in [3.8, 4) is 0 Å². The van der Waals surface area contributed by atoms with Crippen LogP contribution in [-0.4, -0.2) is 23.3 Å². The second kappa shape index (κ2) is 8.50. The fourth-order valence-corrected chi connectivity index (χ4v) is 4.68. The molecule has 0 spiro atoms. The molecule has 3 aromatic rings. The molecule has 4 nitrogen and oxygen atoms in total. The molecule has 166 valence electrons. The lowest BCUT2D eigenvalue weighted by Crippen LogP contribution is -2.29. The lowest BCUT2D eigenvalue weighted by molar-refractivity contribution is 0.0474. The number of ether oxygens (including phenoxy) is 1. The van der Waals surface area contributed by atoms with E-state index in [1.807, 2.05) is 56.3 Å². The highest BCUT2D eigenvalue weighted by molar-refractivity contribution is 6.06. The average Bonchev–Trinajstić information content (AvgIpc) is 2.76. The van der Waals surface area contributed by atoms with Gasteiger partial charge in [0.05, 0.1) is 11.1 Å². The van der Waals surface area contributed by atoms with Crippen LogP contribution in [0.4, 0.5) is 0 Å². The summed E-state index contributed by atoms with van der Waals surface area (Å²) in [6.45, 7) is 10.3. The zero-order valence-corrected chi connectivity index (χ0v) is 19.6. The van der Waals surface area contributed by atoms with Crippen LogP contribution in [0.15, 0.2) is 42.5 Å². The van der Waals surface area contributed by atoms with E-state index in [0.29, 0.717) is 17.0 Å². The summed E-state index contributed by atoms with van der Waals surface area (Å²) in [5.74, 6) is -0.159. The van der Waals surface area contributed by atoms with Gasteiger partial charge in [0, 0.05) is 16.6 Å². The molecule has 0 fully saturated rings. The highest BCUT2D eigenvalue weighted by atomic mass is 16.5. The van der Waals surface area contributed by atoms with Crippen LogP contribution in [0.3, 0.4) is 0 Å². The lowest BCUT2D eigenvalue weighted by atomic mass is 9.70. The molecule has 0 saturated heterocycles. The predicted octanol–water partition coefficient (Wildman–Crippen LogP) is 6.04.